The molecule has 4 atom stereocenters. The Balaban J connectivity index is 1.23. The smallest absolute Gasteiger partial charge is 0.307 e. The molecular weight excluding hydrogens is 616 g/mol. The van der Waals surface area contributed by atoms with Gasteiger partial charge in [0.25, 0.3) is 0 Å². The van der Waals surface area contributed by atoms with Crippen LogP contribution in [0.3, 0.4) is 0 Å². The third kappa shape index (κ3) is 5.79. The fourth-order valence-electron chi connectivity index (χ4n) is 8.58. The number of hydrogen-bond donors (Lipinski definition) is 4. The summed E-state index contributed by atoms with van der Waals surface area (Å²) in [5.41, 5.74) is 6.99. The molecule has 250 valence electrons. The summed E-state index contributed by atoms with van der Waals surface area (Å²) in [6.07, 6.45) is 5.48. The second-order valence-electron chi connectivity index (χ2n) is 13.6. The SMILES string of the molecule is O=C(Nc1ccc(C2(c3ccc(NC(=O)[C@@H]4CCCC[C@H]4C(=O)O)cc3)c3ccccc3-c3ccccc32)cc1)[C@H]1CCCC[C@H]1C(=O)O. The predicted molar refractivity (Wildman–Crippen MR) is 187 cm³/mol. The molecule has 0 aromatic heterocycles. The molecule has 0 bridgehead atoms. The van der Waals surface area contributed by atoms with Crippen molar-refractivity contribution in [1.82, 2.24) is 0 Å². The number of amides is 2. The van der Waals surface area contributed by atoms with E-state index in [9.17, 15) is 29.4 Å². The second kappa shape index (κ2) is 13.3. The Kier molecular flexibility index (Phi) is 8.80. The van der Waals surface area contributed by atoms with Crippen LogP contribution in [0, 0.1) is 23.7 Å². The minimum Gasteiger partial charge on any atom is -0.481 e. The molecule has 3 aliphatic rings. The van der Waals surface area contributed by atoms with Crippen molar-refractivity contribution < 1.29 is 29.4 Å². The highest BCUT2D eigenvalue weighted by Crippen LogP contribution is 2.56. The fraction of sp³-hybridized carbons (Fsp3) is 0.317. The summed E-state index contributed by atoms with van der Waals surface area (Å²) < 4.78 is 0. The third-order valence-corrected chi connectivity index (χ3v) is 11.0. The van der Waals surface area contributed by atoms with Gasteiger partial charge in [-0.3, -0.25) is 19.2 Å². The lowest BCUT2D eigenvalue weighted by Gasteiger charge is -2.34. The van der Waals surface area contributed by atoms with Gasteiger partial charge in [0.15, 0.2) is 0 Å². The van der Waals surface area contributed by atoms with Crippen LogP contribution in [0.15, 0.2) is 97.1 Å². The van der Waals surface area contributed by atoms with Crippen LogP contribution >= 0.6 is 0 Å². The van der Waals surface area contributed by atoms with Gasteiger partial charge in [0, 0.05) is 11.4 Å². The first-order chi connectivity index (χ1) is 23.8. The van der Waals surface area contributed by atoms with Crippen LogP contribution in [-0.2, 0) is 24.6 Å². The van der Waals surface area contributed by atoms with Gasteiger partial charge < -0.3 is 20.8 Å². The highest BCUT2D eigenvalue weighted by Gasteiger charge is 2.46. The Morgan fingerprint density at radius 1 is 0.490 bits per heavy atom. The topological polar surface area (TPSA) is 133 Å². The van der Waals surface area contributed by atoms with Crippen LogP contribution in [0.1, 0.15) is 73.6 Å². The average Bonchev–Trinajstić information content (AvgIpc) is 3.43. The predicted octanol–water partition coefficient (Wildman–Crippen LogP) is 7.71. The van der Waals surface area contributed by atoms with E-state index in [0.29, 0.717) is 37.1 Å². The molecule has 7 rings (SSSR count). The van der Waals surface area contributed by atoms with Gasteiger partial charge in [0.1, 0.15) is 0 Å². The standard InChI is InChI=1S/C41H40N2O6/c44-37(31-11-1-3-13-33(31)39(46)47)42-27-21-17-25(18-22-27)41(35-15-7-5-9-29(35)30-10-6-8-16-36(30)41)26-19-23-28(24-20-26)43-38(45)32-12-2-4-14-34(32)40(48)49/h5-10,15-24,31-34H,1-4,11-14H2,(H,42,44)(H,43,45)(H,46,47)(H,48,49)/t31-,32+,33-,34-/m1/s1. The van der Waals surface area contributed by atoms with Gasteiger partial charge in [-0.1, -0.05) is 98.5 Å². The van der Waals surface area contributed by atoms with E-state index in [2.05, 4.69) is 34.9 Å². The Bertz CT molecular complexity index is 1760. The number of benzene rings is 4. The number of fused-ring (bicyclic) bond motifs is 3. The number of nitrogens with one attached hydrogen (secondary N) is 2. The van der Waals surface area contributed by atoms with Crippen molar-refractivity contribution in [2.75, 3.05) is 10.6 Å². The van der Waals surface area contributed by atoms with Gasteiger partial charge in [0.2, 0.25) is 11.8 Å². The first-order valence-corrected chi connectivity index (χ1v) is 17.3. The minimum atomic E-state index is -0.917. The number of rotatable bonds is 8. The molecule has 0 saturated heterocycles. The van der Waals surface area contributed by atoms with Crippen LogP contribution in [0.5, 0.6) is 0 Å². The number of anilines is 2. The molecule has 4 aromatic carbocycles. The number of carboxylic acid groups (broad SMARTS) is 2. The summed E-state index contributed by atoms with van der Waals surface area (Å²) in [5.74, 6) is -4.80. The third-order valence-electron chi connectivity index (χ3n) is 11.0. The summed E-state index contributed by atoms with van der Waals surface area (Å²) >= 11 is 0. The molecule has 2 amide bonds. The summed E-state index contributed by atoms with van der Waals surface area (Å²) in [6, 6.07) is 32.3. The Hall–Kier alpha value is -5.24. The van der Waals surface area contributed by atoms with Crippen LogP contribution in [0.25, 0.3) is 11.1 Å². The van der Waals surface area contributed by atoms with Gasteiger partial charge in [-0.05, 0) is 83.3 Å². The Morgan fingerprint density at radius 3 is 1.20 bits per heavy atom. The lowest BCUT2D eigenvalue weighted by molar-refractivity contribution is -0.148. The lowest BCUT2D eigenvalue weighted by Crippen LogP contribution is -2.36. The maximum atomic E-state index is 13.3. The Morgan fingerprint density at radius 2 is 0.837 bits per heavy atom. The lowest BCUT2D eigenvalue weighted by atomic mass is 9.67. The van der Waals surface area contributed by atoms with Crippen molar-refractivity contribution >= 4 is 35.1 Å². The van der Waals surface area contributed by atoms with Crippen molar-refractivity contribution in [3.05, 3.63) is 119 Å². The molecule has 0 unspecified atom stereocenters. The van der Waals surface area contributed by atoms with Crippen molar-refractivity contribution in [1.29, 1.82) is 0 Å². The van der Waals surface area contributed by atoms with E-state index in [1.807, 2.05) is 72.8 Å². The first-order valence-electron chi connectivity index (χ1n) is 17.3. The van der Waals surface area contributed by atoms with Crippen LogP contribution in [0.2, 0.25) is 0 Å². The van der Waals surface area contributed by atoms with Crippen LogP contribution in [0.4, 0.5) is 11.4 Å². The summed E-state index contributed by atoms with van der Waals surface area (Å²) in [6.45, 7) is 0. The zero-order valence-electron chi connectivity index (χ0n) is 27.2. The van der Waals surface area contributed by atoms with Crippen molar-refractivity contribution in [2.45, 2.75) is 56.8 Å². The van der Waals surface area contributed by atoms with E-state index in [-0.39, 0.29) is 11.8 Å². The van der Waals surface area contributed by atoms with Crippen molar-refractivity contribution in [3.63, 3.8) is 0 Å². The Labute approximate surface area is 285 Å². The fourth-order valence-corrected chi connectivity index (χ4v) is 8.58. The van der Waals surface area contributed by atoms with Crippen molar-refractivity contribution in [3.8, 4) is 11.1 Å². The zero-order valence-corrected chi connectivity index (χ0v) is 27.2. The molecule has 49 heavy (non-hydrogen) atoms. The first kappa shape index (κ1) is 32.3. The minimum absolute atomic E-state index is 0.258. The molecule has 2 fully saturated rings. The van der Waals surface area contributed by atoms with Gasteiger partial charge in [0.05, 0.1) is 29.1 Å². The molecule has 0 heterocycles. The molecule has 8 nitrogen and oxygen atoms in total. The van der Waals surface area contributed by atoms with E-state index in [4.69, 9.17) is 0 Å². The number of carboxylic acids is 2. The monoisotopic (exact) mass is 656 g/mol. The normalized spacial score (nSPS) is 22.3. The largest absolute Gasteiger partial charge is 0.481 e. The van der Waals surface area contributed by atoms with E-state index < -0.39 is 41.0 Å². The quantitative estimate of drug-likeness (QED) is 0.135. The van der Waals surface area contributed by atoms with E-state index in [1.54, 1.807) is 0 Å². The molecule has 0 spiro atoms. The zero-order chi connectivity index (χ0) is 34.1. The van der Waals surface area contributed by atoms with Crippen LogP contribution in [-0.4, -0.2) is 34.0 Å². The maximum Gasteiger partial charge on any atom is 0.307 e. The number of hydrogen-bond acceptors (Lipinski definition) is 4. The van der Waals surface area contributed by atoms with Gasteiger partial charge in [-0.2, -0.15) is 0 Å². The maximum absolute atomic E-state index is 13.3. The summed E-state index contributed by atoms with van der Waals surface area (Å²) in [4.78, 5) is 50.2. The number of aliphatic carboxylic acids is 2. The molecule has 4 aromatic rings. The molecule has 0 radical (unpaired) electrons. The van der Waals surface area contributed by atoms with Crippen LogP contribution < -0.4 is 10.6 Å². The van der Waals surface area contributed by atoms with Crippen molar-refractivity contribution in [2.24, 2.45) is 23.7 Å². The van der Waals surface area contributed by atoms with E-state index in [1.165, 1.54) is 0 Å². The van der Waals surface area contributed by atoms with Gasteiger partial charge in [-0.25, -0.2) is 0 Å². The average molecular weight is 657 g/mol. The second-order valence-corrected chi connectivity index (χ2v) is 13.6. The van der Waals surface area contributed by atoms with E-state index >= 15 is 0 Å². The summed E-state index contributed by atoms with van der Waals surface area (Å²) in [7, 11) is 0. The molecule has 0 aliphatic heterocycles. The summed E-state index contributed by atoms with van der Waals surface area (Å²) in [5, 5.41) is 25.4. The molecule has 8 heteroatoms. The molecule has 4 N–H and O–H groups in total. The highest BCUT2D eigenvalue weighted by atomic mass is 16.4. The van der Waals surface area contributed by atoms with E-state index in [0.717, 1.165) is 59.1 Å². The highest BCUT2D eigenvalue weighted by molar-refractivity contribution is 5.96. The molecular formula is C41H40N2O6. The van der Waals surface area contributed by atoms with Gasteiger partial charge in [-0.15, -0.1) is 0 Å². The van der Waals surface area contributed by atoms with Gasteiger partial charge >= 0.3 is 11.9 Å². The molecule has 2 saturated carbocycles. The molecule has 3 aliphatic carbocycles. The number of carbonyl (C=O) groups is 4. The number of carbonyl (C=O) groups excluding carboxylic acids is 2.